The first kappa shape index (κ1) is 29.7. The molecule has 230 valence electrons. The number of hydrogen-bond acceptors (Lipinski definition) is 6. The molecule has 7 nitrogen and oxygen atoms in total. The molecule has 1 saturated heterocycles. The van der Waals surface area contributed by atoms with Gasteiger partial charge in [-0.05, 0) is 93.2 Å². The van der Waals surface area contributed by atoms with E-state index in [1.165, 1.54) is 17.7 Å². The average molecular weight is 598 g/mol. The summed E-state index contributed by atoms with van der Waals surface area (Å²) in [7, 11) is 0. The number of nitrogens with two attached hydrogens (primary N) is 1. The van der Waals surface area contributed by atoms with E-state index in [1.54, 1.807) is 0 Å². The van der Waals surface area contributed by atoms with E-state index in [1.807, 2.05) is 19.1 Å². The lowest BCUT2D eigenvalue weighted by molar-refractivity contribution is -0.150. The molecule has 1 unspecified atom stereocenters. The molecule has 43 heavy (non-hydrogen) atoms. The van der Waals surface area contributed by atoms with Gasteiger partial charge in [0.1, 0.15) is 0 Å². The molecule has 10 heteroatoms. The summed E-state index contributed by atoms with van der Waals surface area (Å²) >= 11 is 0. The number of nitrogens with zero attached hydrogens (tertiary/aromatic N) is 2. The number of rotatable bonds is 8. The summed E-state index contributed by atoms with van der Waals surface area (Å²) in [6.07, 6.45) is 3.06. The lowest BCUT2D eigenvalue weighted by Crippen LogP contribution is -2.36. The van der Waals surface area contributed by atoms with Crippen LogP contribution in [0, 0.1) is 5.41 Å². The number of amidine groups is 1. The van der Waals surface area contributed by atoms with Gasteiger partial charge in [-0.25, -0.2) is 4.79 Å². The molecule has 6 rings (SSSR count). The highest BCUT2D eigenvalue weighted by Gasteiger charge is 2.54. The number of oxime groups is 1. The normalized spacial score (nSPS) is 23.5. The van der Waals surface area contributed by atoms with Gasteiger partial charge in [0.25, 0.3) is 0 Å². The highest BCUT2D eigenvalue weighted by Crippen LogP contribution is 2.51. The van der Waals surface area contributed by atoms with Crippen LogP contribution in [0.15, 0.2) is 41.6 Å². The van der Waals surface area contributed by atoms with Crippen LogP contribution < -0.4 is 5.73 Å². The van der Waals surface area contributed by atoms with Gasteiger partial charge in [-0.2, -0.15) is 13.2 Å². The molecule has 1 aliphatic heterocycles. The van der Waals surface area contributed by atoms with Crippen LogP contribution in [0.5, 0.6) is 0 Å². The van der Waals surface area contributed by atoms with Crippen molar-refractivity contribution in [3.05, 3.63) is 69.8 Å². The summed E-state index contributed by atoms with van der Waals surface area (Å²) in [6, 6.07) is 9.49. The van der Waals surface area contributed by atoms with Crippen LogP contribution >= 0.6 is 0 Å². The number of alkyl halides is 3. The number of esters is 1. The van der Waals surface area contributed by atoms with E-state index in [9.17, 15) is 22.8 Å². The monoisotopic (exact) mass is 597 g/mol. The fourth-order valence-corrected chi connectivity index (χ4v) is 7.61. The summed E-state index contributed by atoms with van der Waals surface area (Å²) in [6.45, 7) is 4.67. The van der Waals surface area contributed by atoms with Gasteiger partial charge in [0.05, 0.1) is 23.1 Å². The number of carbonyl (C=O) groups is 2. The van der Waals surface area contributed by atoms with Gasteiger partial charge in [-0.1, -0.05) is 42.3 Å². The van der Waals surface area contributed by atoms with Crippen LogP contribution in [0.25, 0.3) is 0 Å². The molecule has 1 spiro atoms. The summed E-state index contributed by atoms with van der Waals surface area (Å²) in [5.74, 6) is -1.23. The largest absolute Gasteiger partial charge is 0.466 e. The van der Waals surface area contributed by atoms with Gasteiger partial charge in [0.2, 0.25) is 0 Å². The first-order chi connectivity index (χ1) is 20.6. The summed E-state index contributed by atoms with van der Waals surface area (Å²) in [4.78, 5) is 32.8. The van der Waals surface area contributed by atoms with Crippen molar-refractivity contribution in [2.45, 2.75) is 82.2 Å². The number of likely N-dealkylation sites (tertiary alicyclic amines) is 1. The van der Waals surface area contributed by atoms with E-state index < -0.39 is 17.7 Å². The Kier molecular flexibility index (Phi) is 7.77. The first-order valence-corrected chi connectivity index (χ1v) is 15.3. The number of carbonyl (C=O) groups excluding carboxylic acids is 2. The number of ether oxygens (including phenoxy) is 1. The van der Waals surface area contributed by atoms with Gasteiger partial charge in [0, 0.05) is 24.1 Å². The fraction of sp³-hybridized carbons (Fsp3) is 0.545. The van der Waals surface area contributed by atoms with E-state index in [0.717, 1.165) is 69.7 Å². The second-order valence-electron chi connectivity index (χ2n) is 12.7. The maximum atomic E-state index is 13.9. The lowest BCUT2D eigenvalue weighted by Gasteiger charge is -2.27. The molecule has 2 aromatic carbocycles. The zero-order valence-electron chi connectivity index (χ0n) is 24.5. The standard InChI is InChI=1S/C33H38F3N3O4/c1-2-42-30(41)32(14-15-32)20-39-17-16-31(19-39)13-12-24-25(8-5-9-26(24)31)28(37)38-43-29(40)22-10-11-23(21-6-3-4-7-21)27(18-22)33(34,35)36/h5,8-11,18,21H,2-4,6-7,12-17,19-20H2,1H3,(H2,37,38). The maximum absolute atomic E-state index is 13.9. The minimum absolute atomic E-state index is 0.00923. The number of halogens is 3. The van der Waals surface area contributed by atoms with Gasteiger partial charge < -0.3 is 20.2 Å². The third kappa shape index (κ3) is 5.66. The van der Waals surface area contributed by atoms with Gasteiger partial charge in [-0.15, -0.1) is 0 Å². The second-order valence-corrected chi connectivity index (χ2v) is 12.7. The van der Waals surface area contributed by atoms with Crippen molar-refractivity contribution in [1.29, 1.82) is 0 Å². The van der Waals surface area contributed by atoms with Crippen molar-refractivity contribution in [3.8, 4) is 0 Å². The minimum Gasteiger partial charge on any atom is -0.466 e. The van der Waals surface area contributed by atoms with E-state index in [-0.39, 0.29) is 39.7 Å². The molecule has 0 radical (unpaired) electrons. The zero-order valence-corrected chi connectivity index (χ0v) is 24.5. The number of benzene rings is 2. The van der Waals surface area contributed by atoms with E-state index in [0.29, 0.717) is 31.6 Å². The van der Waals surface area contributed by atoms with Crippen molar-refractivity contribution in [3.63, 3.8) is 0 Å². The van der Waals surface area contributed by atoms with Crippen LogP contribution in [-0.4, -0.2) is 48.9 Å². The summed E-state index contributed by atoms with van der Waals surface area (Å²) in [5.41, 5.74) is 8.00. The topological polar surface area (TPSA) is 94.2 Å². The molecule has 1 atom stereocenters. The molecule has 0 aromatic heterocycles. The second kappa shape index (κ2) is 11.3. The Balaban J connectivity index is 1.16. The third-order valence-electron chi connectivity index (χ3n) is 10.0. The van der Waals surface area contributed by atoms with E-state index in [2.05, 4.69) is 16.1 Å². The van der Waals surface area contributed by atoms with Crippen molar-refractivity contribution in [1.82, 2.24) is 4.90 Å². The van der Waals surface area contributed by atoms with Crippen molar-refractivity contribution in [2.75, 3.05) is 26.2 Å². The molecule has 0 amide bonds. The smallest absolute Gasteiger partial charge is 0.416 e. The Morgan fingerprint density at radius 1 is 1.09 bits per heavy atom. The molecule has 3 aliphatic carbocycles. The van der Waals surface area contributed by atoms with E-state index in [4.69, 9.17) is 15.3 Å². The predicted octanol–water partition coefficient (Wildman–Crippen LogP) is 6.07. The van der Waals surface area contributed by atoms with Gasteiger partial charge >= 0.3 is 18.1 Å². The van der Waals surface area contributed by atoms with E-state index >= 15 is 0 Å². The van der Waals surface area contributed by atoms with Crippen LogP contribution in [0.4, 0.5) is 13.2 Å². The molecule has 2 aromatic rings. The fourth-order valence-electron chi connectivity index (χ4n) is 7.61. The van der Waals surface area contributed by atoms with Crippen molar-refractivity contribution < 1.29 is 32.3 Å². The molecule has 4 aliphatic rings. The average Bonchev–Trinajstić information content (AvgIpc) is 3.32. The highest BCUT2D eigenvalue weighted by atomic mass is 19.4. The Labute approximate surface area is 249 Å². The van der Waals surface area contributed by atoms with Crippen molar-refractivity contribution >= 4 is 17.8 Å². The molecule has 1 heterocycles. The van der Waals surface area contributed by atoms with Gasteiger partial charge in [0.15, 0.2) is 5.84 Å². The highest BCUT2D eigenvalue weighted by molar-refractivity contribution is 6.00. The number of fused-ring (bicyclic) bond motifs is 2. The number of hydrogen-bond donors (Lipinski definition) is 1. The predicted molar refractivity (Wildman–Crippen MR) is 155 cm³/mol. The molecule has 0 bridgehead atoms. The Morgan fingerprint density at radius 2 is 1.86 bits per heavy atom. The molecule has 3 fully saturated rings. The zero-order chi connectivity index (χ0) is 30.4. The molecular formula is C33H38F3N3O4. The van der Waals surface area contributed by atoms with Crippen LogP contribution in [-0.2, 0) is 32.4 Å². The first-order valence-electron chi connectivity index (χ1n) is 15.3. The van der Waals surface area contributed by atoms with Crippen LogP contribution in [0.2, 0.25) is 0 Å². The van der Waals surface area contributed by atoms with Gasteiger partial charge in [-0.3, -0.25) is 4.79 Å². The SMILES string of the molecule is CCOC(=O)C1(CN2CCC3(CCc4c(C(N)=NOC(=O)c5ccc(C6CCCC6)c(C(F)(F)F)c5)cccc43)C2)CC1. The molecule has 2 N–H and O–H groups in total. The van der Waals surface area contributed by atoms with Crippen LogP contribution in [0.1, 0.15) is 102 Å². The lowest BCUT2D eigenvalue weighted by atomic mass is 9.81. The third-order valence-corrected chi connectivity index (χ3v) is 10.0. The Bertz CT molecular complexity index is 1450. The summed E-state index contributed by atoms with van der Waals surface area (Å²) in [5, 5.41) is 3.87. The van der Waals surface area contributed by atoms with Crippen molar-refractivity contribution in [2.24, 2.45) is 16.3 Å². The minimum atomic E-state index is -4.58. The molecular weight excluding hydrogens is 559 g/mol. The summed E-state index contributed by atoms with van der Waals surface area (Å²) < 4.78 is 47.0. The van der Waals surface area contributed by atoms with Crippen LogP contribution in [0.3, 0.4) is 0 Å². The quantitative estimate of drug-likeness (QED) is 0.131. The maximum Gasteiger partial charge on any atom is 0.416 e. The molecule has 2 saturated carbocycles. The Hall–Kier alpha value is -3.40. The Morgan fingerprint density at radius 3 is 2.56 bits per heavy atom.